The second-order valence-electron chi connectivity index (χ2n) is 4.73. The maximum absolute atomic E-state index is 12.4. The Morgan fingerprint density at radius 2 is 2.00 bits per heavy atom. The third-order valence-electron chi connectivity index (χ3n) is 3.36. The van der Waals surface area contributed by atoms with Crippen LogP contribution in [0.5, 0.6) is 0 Å². The number of nitrogens with one attached hydrogen (secondary N) is 1. The normalized spacial score (nSPS) is 18.3. The first-order valence-corrected chi connectivity index (χ1v) is 6.03. The molecule has 1 aromatic rings. The lowest BCUT2D eigenvalue weighted by molar-refractivity contribution is -0.141. The number of aromatic amines is 1. The highest BCUT2D eigenvalue weighted by atomic mass is 35.5. The standard InChI is InChI=1S/C11H17F3N4.ClH/c12-11(13,14)10-5-9(16-17-10)7-18-3-1-8(6-15)2-4-18;/h5,8H,1-4,6-7,15H2,(H,16,17);1H. The van der Waals surface area contributed by atoms with Gasteiger partial charge < -0.3 is 5.73 Å². The van der Waals surface area contributed by atoms with E-state index in [4.69, 9.17) is 5.73 Å². The number of H-pyrrole nitrogens is 1. The zero-order valence-corrected chi connectivity index (χ0v) is 11.2. The van der Waals surface area contributed by atoms with Crippen molar-refractivity contribution in [3.05, 3.63) is 17.5 Å². The summed E-state index contributed by atoms with van der Waals surface area (Å²) >= 11 is 0. The van der Waals surface area contributed by atoms with Crippen molar-refractivity contribution < 1.29 is 13.2 Å². The largest absolute Gasteiger partial charge is 0.435 e. The predicted octanol–water partition coefficient (Wildman–Crippen LogP) is 2.02. The summed E-state index contributed by atoms with van der Waals surface area (Å²) in [5.41, 5.74) is 5.25. The summed E-state index contributed by atoms with van der Waals surface area (Å²) in [6, 6.07) is 1.08. The second kappa shape index (κ2) is 6.58. The molecule has 1 fully saturated rings. The van der Waals surface area contributed by atoms with Crippen molar-refractivity contribution in [1.29, 1.82) is 0 Å². The lowest BCUT2D eigenvalue weighted by atomic mass is 9.97. The molecule has 0 saturated carbocycles. The van der Waals surface area contributed by atoms with Gasteiger partial charge in [0.1, 0.15) is 0 Å². The van der Waals surface area contributed by atoms with Crippen LogP contribution in [-0.2, 0) is 12.7 Å². The average Bonchev–Trinajstić information content (AvgIpc) is 2.78. The molecule has 3 N–H and O–H groups in total. The summed E-state index contributed by atoms with van der Waals surface area (Å²) in [7, 11) is 0. The van der Waals surface area contributed by atoms with Gasteiger partial charge in [-0.15, -0.1) is 12.4 Å². The summed E-state index contributed by atoms with van der Waals surface area (Å²) in [5, 5.41) is 5.74. The van der Waals surface area contributed by atoms with Crippen molar-refractivity contribution in [2.24, 2.45) is 11.7 Å². The Bertz CT molecular complexity index is 386. The molecule has 0 radical (unpaired) electrons. The number of nitrogens with two attached hydrogens (primary N) is 1. The van der Waals surface area contributed by atoms with E-state index < -0.39 is 11.9 Å². The third kappa shape index (κ3) is 4.36. The van der Waals surface area contributed by atoms with Gasteiger partial charge in [-0.25, -0.2) is 0 Å². The minimum absolute atomic E-state index is 0. The minimum Gasteiger partial charge on any atom is -0.330 e. The molecule has 1 saturated heterocycles. The van der Waals surface area contributed by atoms with E-state index >= 15 is 0 Å². The highest BCUT2D eigenvalue weighted by molar-refractivity contribution is 5.85. The molecule has 4 nitrogen and oxygen atoms in total. The van der Waals surface area contributed by atoms with Crippen LogP contribution in [0.4, 0.5) is 13.2 Å². The number of likely N-dealkylation sites (tertiary alicyclic amines) is 1. The van der Waals surface area contributed by atoms with Crippen LogP contribution in [0.1, 0.15) is 24.2 Å². The van der Waals surface area contributed by atoms with E-state index in [-0.39, 0.29) is 12.4 Å². The van der Waals surface area contributed by atoms with Gasteiger partial charge in [0.25, 0.3) is 0 Å². The fourth-order valence-electron chi connectivity index (χ4n) is 2.21. The number of alkyl halides is 3. The van der Waals surface area contributed by atoms with Crippen molar-refractivity contribution in [2.75, 3.05) is 19.6 Å². The van der Waals surface area contributed by atoms with E-state index in [0.29, 0.717) is 24.7 Å². The molecule has 0 amide bonds. The lowest BCUT2D eigenvalue weighted by Gasteiger charge is -2.30. The van der Waals surface area contributed by atoms with Crippen LogP contribution >= 0.6 is 12.4 Å². The first kappa shape index (κ1) is 16.3. The molecule has 0 aromatic carbocycles. The van der Waals surface area contributed by atoms with E-state index in [0.717, 1.165) is 32.0 Å². The Labute approximate surface area is 115 Å². The maximum Gasteiger partial charge on any atom is 0.435 e. The Balaban J connectivity index is 0.00000180. The van der Waals surface area contributed by atoms with E-state index in [1.807, 2.05) is 0 Å². The molecule has 8 heteroatoms. The van der Waals surface area contributed by atoms with Crippen molar-refractivity contribution in [2.45, 2.75) is 25.6 Å². The van der Waals surface area contributed by atoms with Gasteiger partial charge in [0.2, 0.25) is 0 Å². The van der Waals surface area contributed by atoms with Crippen LogP contribution in [0.25, 0.3) is 0 Å². The van der Waals surface area contributed by atoms with E-state index in [1.54, 1.807) is 0 Å². The van der Waals surface area contributed by atoms with Gasteiger partial charge >= 0.3 is 6.18 Å². The number of piperidine rings is 1. The second-order valence-corrected chi connectivity index (χ2v) is 4.73. The highest BCUT2D eigenvalue weighted by Gasteiger charge is 2.34. The number of nitrogens with zero attached hydrogens (tertiary/aromatic N) is 2. The molecule has 1 aliphatic rings. The minimum atomic E-state index is -4.37. The van der Waals surface area contributed by atoms with E-state index in [1.165, 1.54) is 0 Å². The van der Waals surface area contributed by atoms with Crippen LogP contribution in [0, 0.1) is 5.92 Å². The molecule has 0 unspecified atom stereocenters. The predicted molar refractivity (Wildman–Crippen MR) is 67.9 cm³/mol. The third-order valence-corrected chi connectivity index (χ3v) is 3.36. The van der Waals surface area contributed by atoms with Crippen molar-refractivity contribution >= 4 is 12.4 Å². The monoisotopic (exact) mass is 298 g/mol. The SMILES string of the molecule is Cl.NCC1CCN(Cc2cc(C(F)(F)F)n[nH]2)CC1. The van der Waals surface area contributed by atoms with E-state index in [2.05, 4.69) is 15.1 Å². The Kier molecular flexibility index (Phi) is 5.64. The molecule has 2 heterocycles. The number of aromatic nitrogens is 2. The number of halogens is 4. The van der Waals surface area contributed by atoms with Gasteiger partial charge in [0.05, 0.1) is 0 Å². The Hall–Kier alpha value is -0.790. The summed E-state index contributed by atoms with van der Waals surface area (Å²) in [6.45, 7) is 2.93. The fraction of sp³-hybridized carbons (Fsp3) is 0.727. The first-order chi connectivity index (χ1) is 8.49. The molecule has 110 valence electrons. The molecule has 19 heavy (non-hydrogen) atoms. The van der Waals surface area contributed by atoms with Gasteiger partial charge in [-0.05, 0) is 44.5 Å². The van der Waals surface area contributed by atoms with Crippen molar-refractivity contribution in [3.8, 4) is 0 Å². The van der Waals surface area contributed by atoms with Gasteiger partial charge in [-0.3, -0.25) is 10.00 Å². The molecule has 1 aromatic heterocycles. The van der Waals surface area contributed by atoms with Crippen molar-refractivity contribution in [1.82, 2.24) is 15.1 Å². The van der Waals surface area contributed by atoms with Crippen LogP contribution in [0.15, 0.2) is 6.07 Å². The highest BCUT2D eigenvalue weighted by Crippen LogP contribution is 2.28. The molecule has 0 atom stereocenters. The molecule has 0 spiro atoms. The lowest BCUT2D eigenvalue weighted by Crippen LogP contribution is -2.35. The zero-order chi connectivity index (χ0) is 13.2. The quantitative estimate of drug-likeness (QED) is 0.897. The molecule has 0 aliphatic carbocycles. The summed E-state index contributed by atoms with van der Waals surface area (Å²) in [4.78, 5) is 2.12. The molecule has 2 rings (SSSR count). The molecular weight excluding hydrogens is 281 g/mol. The van der Waals surface area contributed by atoms with Gasteiger partial charge in [-0.2, -0.15) is 18.3 Å². The van der Waals surface area contributed by atoms with Crippen LogP contribution in [0.3, 0.4) is 0 Å². The van der Waals surface area contributed by atoms with Crippen molar-refractivity contribution in [3.63, 3.8) is 0 Å². The smallest absolute Gasteiger partial charge is 0.330 e. The molecular formula is C11H18ClF3N4. The van der Waals surface area contributed by atoms with E-state index in [9.17, 15) is 13.2 Å². The zero-order valence-electron chi connectivity index (χ0n) is 10.4. The molecule has 0 bridgehead atoms. The van der Waals surface area contributed by atoms with Crippen LogP contribution in [0.2, 0.25) is 0 Å². The first-order valence-electron chi connectivity index (χ1n) is 6.03. The average molecular weight is 299 g/mol. The maximum atomic E-state index is 12.4. The van der Waals surface area contributed by atoms with Gasteiger partial charge in [0, 0.05) is 12.2 Å². The number of hydrogen-bond donors (Lipinski definition) is 2. The van der Waals surface area contributed by atoms with Gasteiger partial charge in [-0.1, -0.05) is 0 Å². The summed E-state index contributed by atoms with van der Waals surface area (Å²) in [6.07, 6.45) is -2.35. The Morgan fingerprint density at radius 3 is 2.47 bits per heavy atom. The Morgan fingerprint density at radius 1 is 1.37 bits per heavy atom. The number of rotatable bonds is 3. The van der Waals surface area contributed by atoms with Gasteiger partial charge in [0.15, 0.2) is 5.69 Å². The number of hydrogen-bond acceptors (Lipinski definition) is 3. The summed E-state index contributed by atoms with van der Waals surface area (Å²) < 4.78 is 37.1. The fourth-order valence-corrected chi connectivity index (χ4v) is 2.21. The summed E-state index contributed by atoms with van der Waals surface area (Å²) in [5.74, 6) is 0.550. The van der Waals surface area contributed by atoms with Crippen LogP contribution in [-0.4, -0.2) is 34.7 Å². The molecule has 1 aliphatic heterocycles. The topological polar surface area (TPSA) is 57.9 Å². The van der Waals surface area contributed by atoms with Crippen LogP contribution < -0.4 is 5.73 Å².